The first-order valence-electron chi connectivity index (χ1n) is 8.74. The van der Waals surface area contributed by atoms with E-state index in [1.807, 2.05) is 0 Å². The lowest BCUT2D eigenvalue weighted by atomic mass is 9.67. The molecule has 2 fully saturated rings. The second-order valence-electron chi connectivity index (χ2n) is 8.02. The van der Waals surface area contributed by atoms with Crippen LogP contribution >= 0.6 is 0 Å². The number of hydrogen-bond donors (Lipinski definition) is 1. The van der Waals surface area contributed by atoms with Crippen LogP contribution in [0.3, 0.4) is 0 Å². The average Bonchev–Trinajstić information content (AvgIpc) is 2.41. The van der Waals surface area contributed by atoms with Gasteiger partial charge >= 0.3 is 0 Å². The van der Waals surface area contributed by atoms with Crippen LogP contribution in [-0.4, -0.2) is 6.04 Å². The molecule has 4 atom stereocenters. The van der Waals surface area contributed by atoms with Crippen molar-refractivity contribution in [2.24, 2.45) is 41.2 Å². The number of nitrogens with two attached hydrogens (primary N) is 1. The molecule has 0 radical (unpaired) electrons. The van der Waals surface area contributed by atoms with Crippen molar-refractivity contribution in [3.8, 4) is 0 Å². The van der Waals surface area contributed by atoms with Crippen LogP contribution in [0.5, 0.6) is 0 Å². The summed E-state index contributed by atoms with van der Waals surface area (Å²) >= 11 is 0. The normalized spacial score (nSPS) is 42.3. The molecular weight excluding hydrogens is 230 g/mol. The molecule has 4 unspecified atom stereocenters. The summed E-state index contributed by atoms with van der Waals surface area (Å²) in [6.07, 6.45) is 9.81. The molecule has 2 rings (SSSR count). The van der Waals surface area contributed by atoms with Gasteiger partial charge in [-0.05, 0) is 74.0 Å². The Kier molecular flexibility index (Phi) is 5.34. The smallest absolute Gasteiger partial charge is 0.00957 e. The van der Waals surface area contributed by atoms with Gasteiger partial charge in [0.2, 0.25) is 0 Å². The summed E-state index contributed by atoms with van der Waals surface area (Å²) in [6.45, 7) is 9.61. The second-order valence-corrected chi connectivity index (χ2v) is 8.02. The third-order valence-electron chi connectivity index (χ3n) is 6.49. The maximum Gasteiger partial charge on any atom is 0.00957 e. The van der Waals surface area contributed by atoms with E-state index in [-0.39, 0.29) is 0 Å². The minimum Gasteiger partial charge on any atom is -0.327 e. The molecule has 2 aliphatic carbocycles. The highest BCUT2D eigenvalue weighted by Gasteiger charge is 2.34. The molecule has 0 bridgehead atoms. The molecule has 2 N–H and O–H groups in total. The minimum absolute atomic E-state index is 0.489. The SMILES string of the molecule is CC(C)C1CCC(C(N)C2CCC(C)C(C)C2)CC1. The van der Waals surface area contributed by atoms with Crippen molar-refractivity contribution in [2.75, 3.05) is 0 Å². The fourth-order valence-corrected chi connectivity index (χ4v) is 4.52. The van der Waals surface area contributed by atoms with Gasteiger partial charge in [-0.25, -0.2) is 0 Å². The molecule has 112 valence electrons. The summed E-state index contributed by atoms with van der Waals surface area (Å²) in [6, 6.07) is 0.489. The highest BCUT2D eigenvalue weighted by atomic mass is 14.7. The van der Waals surface area contributed by atoms with Crippen LogP contribution in [0.4, 0.5) is 0 Å². The van der Waals surface area contributed by atoms with Gasteiger partial charge in [0.15, 0.2) is 0 Å². The molecular formula is C18H35N. The predicted octanol–water partition coefficient (Wildman–Crippen LogP) is 4.85. The number of rotatable bonds is 3. The van der Waals surface area contributed by atoms with Gasteiger partial charge in [0.25, 0.3) is 0 Å². The lowest BCUT2D eigenvalue weighted by molar-refractivity contribution is 0.126. The van der Waals surface area contributed by atoms with E-state index in [1.165, 1.54) is 44.9 Å². The summed E-state index contributed by atoms with van der Waals surface area (Å²) in [4.78, 5) is 0. The van der Waals surface area contributed by atoms with Crippen LogP contribution in [-0.2, 0) is 0 Å². The van der Waals surface area contributed by atoms with Gasteiger partial charge in [-0.1, -0.05) is 34.1 Å². The van der Waals surface area contributed by atoms with Crippen LogP contribution in [0.25, 0.3) is 0 Å². The van der Waals surface area contributed by atoms with Crippen LogP contribution in [0.2, 0.25) is 0 Å². The summed E-state index contributed by atoms with van der Waals surface area (Å²) in [7, 11) is 0. The largest absolute Gasteiger partial charge is 0.327 e. The maximum absolute atomic E-state index is 6.65. The van der Waals surface area contributed by atoms with Crippen molar-refractivity contribution in [2.45, 2.75) is 78.7 Å². The summed E-state index contributed by atoms with van der Waals surface area (Å²) in [5.41, 5.74) is 6.65. The Morgan fingerprint density at radius 2 is 1.26 bits per heavy atom. The Morgan fingerprint density at radius 1 is 0.737 bits per heavy atom. The fourth-order valence-electron chi connectivity index (χ4n) is 4.52. The van der Waals surface area contributed by atoms with Gasteiger partial charge in [-0.3, -0.25) is 0 Å². The van der Waals surface area contributed by atoms with E-state index in [0.29, 0.717) is 6.04 Å². The van der Waals surface area contributed by atoms with Crippen molar-refractivity contribution in [1.29, 1.82) is 0 Å². The van der Waals surface area contributed by atoms with E-state index >= 15 is 0 Å². The lowest BCUT2D eigenvalue weighted by Crippen LogP contribution is -2.42. The van der Waals surface area contributed by atoms with E-state index in [1.54, 1.807) is 0 Å². The van der Waals surface area contributed by atoms with E-state index < -0.39 is 0 Å². The highest BCUT2D eigenvalue weighted by Crippen LogP contribution is 2.40. The monoisotopic (exact) mass is 265 g/mol. The first-order chi connectivity index (χ1) is 8.99. The Labute approximate surface area is 120 Å². The molecule has 2 saturated carbocycles. The van der Waals surface area contributed by atoms with E-state index in [2.05, 4.69) is 27.7 Å². The van der Waals surface area contributed by atoms with Gasteiger partial charge in [0, 0.05) is 6.04 Å². The Morgan fingerprint density at radius 3 is 1.79 bits per heavy atom. The van der Waals surface area contributed by atoms with E-state index in [4.69, 9.17) is 5.73 Å². The van der Waals surface area contributed by atoms with E-state index in [9.17, 15) is 0 Å². The second kappa shape index (κ2) is 6.61. The average molecular weight is 265 g/mol. The van der Waals surface area contributed by atoms with Crippen molar-refractivity contribution in [1.82, 2.24) is 0 Å². The molecule has 0 aliphatic heterocycles. The molecule has 2 aliphatic rings. The molecule has 19 heavy (non-hydrogen) atoms. The van der Waals surface area contributed by atoms with Crippen molar-refractivity contribution in [3.05, 3.63) is 0 Å². The van der Waals surface area contributed by atoms with E-state index in [0.717, 1.165) is 35.5 Å². The molecule has 0 aromatic carbocycles. The van der Waals surface area contributed by atoms with Crippen LogP contribution in [0.15, 0.2) is 0 Å². The predicted molar refractivity (Wildman–Crippen MR) is 83.9 cm³/mol. The third-order valence-corrected chi connectivity index (χ3v) is 6.49. The van der Waals surface area contributed by atoms with Crippen molar-refractivity contribution >= 4 is 0 Å². The molecule has 0 saturated heterocycles. The van der Waals surface area contributed by atoms with Crippen molar-refractivity contribution in [3.63, 3.8) is 0 Å². The van der Waals surface area contributed by atoms with Crippen molar-refractivity contribution < 1.29 is 0 Å². The maximum atomic E-state index is 6.65. The number of hydrogen-bond acceptors (Lipinski definition) is 1. The quantitative estimate of drug-likeness (QED) is 0.775. The molecule has 1 heteroatoms. The first kappa shape index (κ1) is 15.4. The zero-order valence-electron chi connectivity index (χ0n) is 13.6. The van der Waals surface area contributed by atoms with Gasteiger partial charge in [-0.15, -0.1) is 0 Å². The molecule has 0 aromatic rings. The van der Waals surface area contributed by atoms with Gasteiger partial charge in [-0.2, -0.15) is 0 Å². The Hall–Kier alpha value is -0.0400. The molecule has 0 aromatic heterocycles. The minimum atomic E-state index is 0.489. The van der Waals surface area contributed by atoms with Crippen LogP contribution < -0.4 is 5.73 Å². The third kappa shape index (κ3) is 3.74. The summed E-state index contributed by atoms with van der Waals surface area (Å²) in [5.74, 6) is 5.27. The molecule has 0 spiro atoms. The summed E-state index contributed by atoms with van der Waals surface area (Å²) < 4.78 is 0. The Balaban J connectivity index is 1.82. The van der Waals surface area contributed by atoms with Gasteiger partial charge in [0.05, 0.1) is 0 Å². The first-order valence-corrected chi connectivity index (χ1v) is 8.74. The topological polar surface area (TPSA) is 26.0 Å². The zero-order chi connectivity index (χ0) is 14.0. The zero-order valence-corrected chi connectivity index (χ0v) is 13.6. The van der Waals surface area contributed by atoms with Crippen LogP contribution in [0, 0.1) is 35.5 Å². The summed E-state index contributed by atoms with van der Waals surface area (Å²) in [5, 5.41) is 0. The Bertz CT molecular complexity index is 265. The highest BCUT2D eigenvalue weighted by molar-refractivity contribution is 4.88. The van der Waals surface area contributed by atoms with Crippen LogP contribution in [0.1, 0.15) is 72.6 Å². The molecule has 0 amide bonds. The molecule has 1 nitrogen and oxygen atoms in total. The molecule has 0 heterocycles. The lowest BCUT2D eigenvalue weighted by Gasteiger charge is -2.41. The van der Waals surface area contributed by atoms with Gasteiger partial charge in [0.1, 0.15) is 0 Å². The fraction of sp³-hybridized carbons (Fsp3) is 1.00. The standard InChI is InChI=1S/C18H35N/c1-12(2)15-7-9-16(10-8-15)18(19)17-6-5-13(3)14(4)11-17/h12-18H,5-11,19H2,1-4H3. The van der Waals surface area contributed by atoms with Gasteiger partial charge < -0.3 is 5.73 Å².